The predicted octanol–water partition coefficient (Wildman–Crippen LogP) is 7.36. The monoisotopic (exact) mass is 561 g/mol. The van der Waals surface area contributed by atoms with Crippen LogP contribution < -0.4 is 9.64 Å². The first-order valence-corrected chi connectivity index (χ1v) is 12.6. The lowest BCUT2D eigenvalue weighted by Crippen LogP contribution is -2.29. The van der Waals surface area contributed by atoms with E-state index in [-0.39, 0.29) is 22.4 Å². The Bertz CT molecular complexity index is 1630. The molecule has 4 aromatic rings. The number of nitrogens with zero attached hydrogens (tertiary/aromatic N) is 1. The van der Waals surface area contributed by atoms with Crippen LogP contribution in [0.5, 0.6) is 5.75 Å². The van der Waals surface area contributed by atoms with Gasteiger partial charge in [0.05, 0.1) is 17.2 Å². The molecule has 0 spiro atoms. The zero-order valence-electron chi connectivity index (χ0n) is 21.7. The second kappa shape index (κ2) is 10.9. The second-order valence-corrected chi connectivity index (χ2v) is 9.52. The maximum atomic E-state index is 13.8. The molecule has 0 aliphatic carbocycles. The van der Waals surface area contributed by atoms with Crippen LogP contribution in [0.2, 0.25) is 0 Å². The fraction of sp³-hybridized carbons (Fsp3) is 0.125. The third-order valence-electron chi connectivity index (χ3n) is 6.79. The fourth-order valence-electron chi connectivity index (χ4n) is 4.72. The molecule has 208 valence electrons. The zero-order valence-corrected chi connectivity index (χ0v) is 21.7. The molecule has 4 aromatic carbocycles. The Hall–Kier alpha value is -4.92. The molecular weight excluding hydrogens is 538 g/mol. The van der Waals surface area contributed by atoms with Crippen LogP contribution in [0.15, 0.2) is 103 Å². The third-order valence-corrected chi connectivity index (χ3v) is 6.79. The molecule has 1 saturated heterocycles. The number of ether oxygens (including phenoxy) is 1. The van der Waals surface area contributed by atoms with Crippen molar-refractivity contribution in [3.63, 3.8) is 0 Å². The summed E-state index contributed by atoms with van der Waals surface area (Å²) in [6.07, 6.45) is -4.60. The number of halogens is 4. The average molecular weight is 562 g/mol. The molecule has 0 saturated carbocycles. The standard InChI is InChI=1S/C32H23F4NO4/c1-19-17-22(9-16-26(19)41-18-20-5-3-2-4-6-20)29(38)27-28(21-7-12-24(33)13-8-21)37(31(40)30(27)39)25-14-10-23(11-15-25)32(34,35)36/h2-17,28,38H,18H2,1H3/b29-27-. The van der Waals surface area contributed by atoms with Crippen molar-refractivity contribution in [3.05, 3.63) is 136 Å². The molecule has 1 atom stereocenters. The molecule has 1 amide bonds. The van der Waals surface area contributed by atoms with Crippen LogP contribution in [0.25, 0.3) is 5.76 Å². The van der Waals surface area contributed by atoms with Crippen molar-refractivity contribution in [2.24, 2.45) is 0 Å². The van der Waals surface area contributed by atoms with Gasteiger partial charge in [0, 0.05) is 11.3 Å². The van der Waals surface area contributed by atoms with Crippen molar-refractivity contribution in [2.75, 3.05) is 4.90 Å². The number of alkyl halides is 3. The van der Waals surface area contributed by atoms with Gasteiger partial charge < -0.3 is 9.84 Å². The van der Waals surface area contributed by atoms with Crippen LogP contribution in [0.1, 0.15) is 33.9 Å². The Morgan fingerprint density at radius 1 is 0.902 bits per heavy atom. The first-order chi connectivity index (χ1) is 19.5. The summed E-state index contributed by atoms with van der Waals surface area (Å²) < 4.78 is 59.1. The van der Waals surface area contributed by atoms with E-state index in [1.807, 2.05) is 30.3 Å². The number of ketones is 1. The first-order valence-electron chi connectivity index (χ1n) is 12.6. The van der Waals surface area contributed by atoms with Gasteiger partial charge in [-0.3, -0.25) is 14.5 Å². The quantitative estimate of drug-likeness (QED) is 0.116. The molecular formula is C32H23F4NO4. The number of hydrogen-bond donors (Lipinski definition) is 1. The van der Waals surface area contributed by atoms with E-state index < -0.39 is 41.0 Å². The maximum absolute atomic E-state index is 13.8. The normalized spacial score (nSPS) is 16.7. The van der Waals surface area contributed by atoms with Crippen molar-refractivity contribution in [2.45, 2.75) is 25.7 Å². The lowest BCUT2D eigenvalue weighted by atomic mass is 9.94. The van der Waals surface area contributed by atoms with Gasteiger partial charge >= 0.3 is 6.18 Å². The lowest BCUT2D eigenvalue weighted by molar-refractivity contribution is -0.137. The van der Waals surface area contributed by atoms with E-state index in [9.17, 15) is 32.3 Å². The number of aliphatic hydroxyl groups excluding tert-OH is 1. The Balaban J connectivity index is 1.55. The Morgan fingerprint density at radius 3 is 2.17 bits per heavy atom. The maximum Gasteiger partial charge on any atom is 0.416 e. The molecule has 1 unspecified atom stereocenters. The summed E-state index contributed by atoms with van der Waals surface area (Å²) in [6, 6.07) is 21.8. The Kier molecular flexibility index (Phi) is 7.36. The minimum absolute atomic E-state index is 0.00863. The molecule has 1 fully saturated rings. The molecule has 5 rings (SSSR count). The van der Waals surface area contributed by atoms with E-state index in [1.54, 1.807) is 19.1 Å². The number of hydrogen-bond acceptors (Lipinski definition) is 4. The van der Waals surface area contributed by atoms with Crippen LogP contribution in [-0.2, 0) is 22.4 Å². The van der Waals surface area contributed by atoms with Crippen LogP contribution in [0.3, 0.4) is 0 Å². The van der Waals surface area contributed by atoms with Crippen molar-refractivity contribution in [3.8, 4) is 5.75 Å². The third kappa shape index (κ3) is 5.56. The topological polar surface area (TPSA) is 66.8 Å². The molecule has 0 radical (unpaired) electrons. The van der Waals surface area contributed by atoms with Gasteiger partial charge in [0.15, 0.2) is 0 Å². The van der Waals surface area contributed by atoms with Crippen LogP contribution in [-0.4, -0.2) is 16.8 Å². The average Bonchev–Trinajstić information content (AvgIpc) is 3.22. The van der Waals surface area contributed by atoms with Crippen molar-refractivity contribution in [1.29, 1.82) is 0 Å². The van der Waals surface area contributed by atoms with E-state index in [0.717, 1.165) is 46.9 Å². The van der Waals surface area contributed by atoms with E-state index in [2.05, 4.69) is 0 Å². The van der Waals surface area contributed by atoms with Gasteiger partial charge in [0.2, 0.25) is 0 Å². The molecule has 0 aromatic heterocycles. The van der Waals surface area contributed by atoms with Gasteiger partial charge in [-0.15, -0.1) is 0 Å². The van der Waals surface area contributed by atoms with Gasteiger partial charge in [-0.05, 0) is 78.2 Å². The molecule has 9 heteroatoms. The van der Waals surface area contributed by atoms with E-state index in [4.69, 9.17) is 4.74 Å². The number of rotatable bonds is 6. The highest BCUT2D eigenvalue weighted by Gasteiger charge is 2.47. The van der Waals surface area contributed by atoms with E-state index in [1.165, 1.54) is 18.2 Å². The predicted molar refractivity (Wildman–Crippen MR) is 145 cm³/mol. The molecule has 5 nitrogen and oxygen atoms in total. The SMILES string of the molecule is Cc1cc(/C(O)=C2/C(=O)C(=O)N(c3ccc(C(F)(F)F)cc3)C2c2ccc(F)cc2)ccc1OCc1ccccc1. The van der Waals surface area contributed by atoms with Gasteiger partial charge in [0.25, 0.3) is 11.7 Å². The highest BCUT2D eigenvalue weighted by atomic mass is 19.4. The molecule has 1 aliphatic rings. The summed E-state index contributed by atoms with van der Waals surface area (Å²) in [5, 5.41) is 11.3. The number of anilines is 1. The summed E-state index contributed by atoms with van der Waals surface area (Å²) in [4.78, 5) is 27.5. The summed E-state index contributed by atoms with van der Waals surface area (Å²) in [7, 11) is 0. The minimum Gasteiger partial charge on any atom is -0.507 e. The summed E-state index contributed by atoms with van der Waals surface area (Å²) >= 11 is 0. The molecule has 1 N–H and O–H groups in total. The fourth-order valence-corrected chi connectivity index (χ4v) is 4.72. The van der Waals surface area contributed by atoms with Gasteiger partial charge in [-0.25, -0.2) is 4.39 Å². The van der Waals surface area contributed by atoms with Gasteiger partial charge in [-0.2, -0.15) is 13.2 Å². The molecule has 1 aliphatic heterocycles. The van der Waals surface area contributed by atoms with Crippen molar-refractivity contribution < 1.29 is 37.0 Å². The number of benzene rings is 4. The number of aliphatic hydroxyl groups is 1. The number of carbonyl (C=O) groups is 2. The smallest absolute Gasteiger partial charge is 0.416 e. The van der Waals surface area contributed by atoms with Crippen molar-refractivity contribution in [1.82, 2.24) is 0 Å². The van der Waals surface area contributed by atoms with E-state index in [0.29, 0.717) is 17.9 Å². The second-order valence-electron chi connectivity index (χ2n) is 9.52. The van der Waals surface area contributed by atoms with Crippen molar-refractivity contribution >= 4 is 23.1 Å². The van der Waals surface area contributed by atoms with E-state index >= 15 is 0 Å². The summed E-state index contributed by atoms with van der Waals surface area (Å²) in [6.45, 7) is 2.07. The highest BCUT2D eigenvalue weighted by Crippen LogP contribution is 2.43. The number of carbonyl (C=O) groups excluding carboxylic acids is 2. The van der Waals surface area contributed by atoms with Crippen LogP contribution in [0.4, 0.5) is 23.2 Å². The highest BCUT2D eigenvalue weighted by molar-refractivity contribution is 6.51. The Labute approximate surface area is 232 Å². The number of Topliss-reactive ketones (excluding diaryl/α,β-unsaturated/α-hetero) is 1. The van der Waals surface area contributed by atoms with Crippen LogP contribution in [0, 0.1) is 12.7 Å². The summed E-state index contributed by atoms with van der Waals surface area (Å²) in [5.41, 5.74) is 0.926. The lowest BCUT2D eigenvalue weighted by Gasteiger charge is -2.26. The number of aryl methyl sites for hydroxylation is 1. The Morgan fingerprint density at radius 2 is 1.56 bits per heavy atom. The van der Waals surface area contributed by atoms with Crippen LogP contribution >= 0.6 is 0 Å². The van der Waals surface area contributed by atoms with Gasteiger partial charge in [-0.1, -0.05) is 42.5 Å². The largest absolute Gasteiger partial charge is 0.507 e. The molecule has 1 heterocycles. The number of amides is 1. The molecule has 0 bridgehead atoms. The summed E-state index contributed by atoms with van der Waals surface area (Å²) in [5.74, 6) is -2.57. The van der Waals surface area contributed by atoms with Gasteiger partial charge in [0.1, 0.15) is 23.9 Å². The molecule has 41 heavy (non-hydrogen) atoms. The zero-order chi connectivity index (χ0) is 29.3. The minimum atomic E-state index is -4.60. The first kappa shape index (κ1) is 27.6.